The summed E-state index contributed by atoms with van der Waals surface area (Å²) in [6, 6.07) is 12.0. The van der Waals surface area contributed by atoms with Gasteiger partial charge in [-0.3, -0.25) is 0 Å². The van der Waals surface area contributed by atoms with E-state index in [-0.39, 0.29) is 0 Å². The third-order valence-electron chi connectivity index (χ3n) is 3.74. The van der Waals surface area contributed by atoms with Gasteiger partial charge >= 0.3 is 0 Å². The first-order valence-corrected chi connectivity index (χ1v) is 7.80. The maximum absolute atomic E-state index is 5.94. The Labute approximate surface area is 143 Å². The van der Waals surface area contributed by atoms with E-state index in [9.17, 15) is 0 Å². The highest BCUT2D eigenvalue weighted by Gasteiger charge is 2.14. The molecule has 128 valence electrons. The van der Waals surface area contributed by atoms with Crippen molar-refractivity contribution in [2.45, 2.75) is 26.4 Å². The van der Waals surface area contributed by atoms with Crippen molar-refractivity contribution < 1.29 is 14.2 Å². The first-order valence-electron chi connectivity index (χ1n) is 7.80. The first kappa shape index (κ1) is 17.7. The van der Waals surface area contributed by atoms with Gasteiger partial charge in [-0.2, -0.15) is 5.10 Å². The van der Waals surface area contributed by atoms with E-state index in [4.69, 9.17) is 20.1 Å². The molecule has 0 bridgehead atoms. The lowest BCUT2D eigenvalue weighted by atomic mass is 10.0. The van der Waals surface area contributed by atoms with E-state index < -0.39 is 0 Å². The number of methoxy groups -OCH3 is 2. The largest absolute Gasteiger partial charge is 0.493 e. The van der Waals surface area contributed by atoms with Crippen molar-refractivity contribution in [1.29, 1.82) is 0 Å². The molecule has 2 N–H and O–H groups in total. The fraction of sp³-hybridized carbons (Fsp3) is 0.316. The van der Waals surface area contributed by atoms with Crippen molar-refractivity contribution in [2.75, 3.05) is 14.2 Å². The van der Waals surface area contributed by atoms with Gasteiger partial charge in [-0.1, -0.05) is 38.1 Å². The topological polar surface area (TPSA) is 66.1 Å². The minimum atomic E-state index is 0.426. The molecule has 0 saturated heterocycles. The van der Waals surface area contributed by atoms with E-state index in [0.29, 0.717) is 29.8 Å². The third kappa shape index (κ3) is 4.19. The summed E-state index contributed by atoms with van der Waals surface area (Å²) in [6.45, 7) is 4.77. The van der Waals surface area contributed by atoms with Gasteiger partial charge in [0.25, 0.3) is 0 Å². The second kappa shape index (κ2) is 8.24. The van der Waals surface area contributed by atoms with Crippen LogP contribution in [0.3, 0.4) is 0 Å². The second-order valence-electron chi connectivity index (χ2n) is 5.72. The molecule has 2 rings (SSSR count). The van der Waals surface area contributed by atoms with Crippen molar-refractivity contribution in [3.05, 3.63) is 53.1 Å². The van der Waals surface area contributed by atoms with Crippen molar-refractivity contribution in [3.8, 4) is 17.2 Å². The van der Waals surface area contributed by atoms with E-state index in [1.165, 1.54) is 11.8 Å². The average Bonchev–Trinajstić information content (AvgIpc) is 2.60. The van der Waals surface area contributed by atoms with Gasteiger partial charge in [0.1, 0.15) is 6.61 Å². The molecular formula is C19H24N2O3. The van der Waals surface area contributed by atoms with Crippen LogP contribution in [-0.2, 0) is 6.61 Å². The number of nitrogens with two attached hydrogens (primary N) is 1. The number of rotatable bonds is 7. The Balaban J connectivity index is 2.21. The molecular weight excluding hydrogens is 304 g/mol. The van der Waals surface area contributed by atoms with Crippen LogP contribution in [0.4, 0.5) is 0 Å². The summed E-state index contributed by atoms with van der Waals surface area (Å²) in [5.74, 6) is 7.42. The lowest BCUT2D eigenvalue weighted by Gasteiger charge is -2.15. The molecule has 0 spiro atoms. The fourth-order valence-electron chi connectivity index (χ4n) is 2.36. The first-order chi connectivity index (χ1) is 11.6. The highest BCUT2D eigenvalue weighted by molar-refractivity contribution is 5.82. The zero-order chi connectivity index (χ0) is 17.5. The van der Waals surface area contributed by atoms with Gasteiger partial charge in [-0.25, -0.2) is 0 Å². The quantitative estimate of drug-likeness (QED) is 0.478. The molecule has 2 aromatic rings. The van der Waals surface area contributed by atoms with Crippen LogP contribution in [0.1, 0.15) is 36.5 Å². The summed E-state index contributed by atoms with van der Waals surface area (Å²) < 4.78 is 16.8. The minimum absolute atomic E-state index is 0.426. The summed E-state index contributed by atoms with van der Waals surface area (Å²) >= 11 is 0. The summed E-state index contributed by atoms with van der Waals surface area (Å²) in [5, 5.41) is 3.53. The van der Waals surface area contributed by atoms with Crippen LogP contribution in [-0.4, -0.2) is 20.4 Å². The Bertz CT molecular complexity index is 669. The molecule has 0 amide bonds. The number of hydrogen-bond donors (Lipinski definition) is 1. The van der Waals surface area contributed by atoms with Crippen LogP contribution >= 0.6 is 0 Å². The highest BCUT2D eigenvalue weighted by atomic mass is 16.5. The Kier molecular flexibility index (Phi) is 6.07. The van der Waals surface area contributed by atoms with E-state index in [0.717, 1.165) is 11.1 Å². The number of benzene rings is 2. The fourth-order valence-corrected chi connectivity index (χ4v) is 2.36. The molecule has 0 fully saturated rings. The smallest absolute Gasteiger partial charge is 0.203 e. The Hall–Kier alpha value is -2.69. The summed E-state index contributed by atoms with van der Waals surface area (Å²) in [5.41, 5.74) is 3.16. The lowest BCUT2D eigenvalue weighted by Crippen LogP contribution is -2.02. The predicted octanol–water partition coefficient (Wildman–Crippen LogP) is 3.70. The van der Waals surface area contributed by atoms with E-state index in [2.05, 4.69) is 43.2 Å². The Morgan fingerprint density at radius 2 is 1.62 bits per heavy atom. The molecule has 0 heterocycles. The number of hydrogen-bond acceptors (Lipinski definition) is 5. The Morgan fingerprint density at radius 1 is 1.04 bits per heavy atom. The molecule has 0 unspecified atom stereocenters. The SMILES string of the molecule is COc1cc(C=NN)cc(OC)c1OCc1ccc(C(C)C)cc1. The highest BCUT2D eigenvalue weighted by Crippen LogP contribution is 2.38. The molecule has 0 radical (unpaired) electrons. The molecule has 0 atom stereocenters. The van der Waals surface area contributed by atoms with Gasteiger partial charge in [-0.15, -0.1) is 0 Å². The van der Waals surface area contributed by atoms with Gasteiger partial charge in [-0.05, 0) is 29.2 Å². The minimum Gasteiger partial charge on any atom is -0.493 e. The monoisotopic (exact) mass is 328 g/mol. The molecule has 5 nitrogen and oxygen atoms in total. The molecule has 0 aliphatic carbocycles. The molecule has 5 heteroatoms. The zero-order valence-electron chi connectivity index (χ0n) is 14.6. The van der Waals surface area contributed by atoms with Crippen LogP contribution < -0.4 is 20.1 Å². The second-order valence-corrected chi connectivity index (χ2v) is 5.72. The van der Waals surface area contributed by atoms with E-state index in [1.54, 1.807) is 26.4 Å². The predicted molar refractivity (Wildman–Crippen MR) is 96.2 cm³/mol. The molecule has 0 aliphatic rings. The van der Waals surface area contributed by atoms with Gasteiger partial charge in [0.05, 0.1) is 20.4 Å². The van der Waals surface area contributed by atoms with E-state index >= 15 is 0 Å². The maximum Gasteiger partial charge on any atom is 0.203 e. The third-order valence-corrected chi connectivity index (χ3v) is 3.74. The average molecular weight is 328 g/mol. The van der Waals surface area contributed by atoms with Crippen molar-refractivity contribution in [1.82, 2.24) is 0 Å². The lowest BCUT2D eigenvalue weighted by molar-refractivity contribution is 0.266. The molecule has 2 aromatic carbocycles. The van der Waals surface area contributed by atoms with Crippen LogP contribution in [0.5, 0.6) is 17.2 Å². The maximum atomic E-state index is 5.94. The summed E-state index contributed by atoms with van der Waals surface area (Å²) in [4.78, 5) is 0. The van der Waals surface area contributed by atoms with Crippen LogP contribution in [0, 0.1) is 0 Å². The summed E-state index contributed by atoms with van der Waals surface area (Å²) in [6.07, 6.45) is 1.53. The zero-order valence-corrected chi connectivity index (χ0v) is 14.6. The van der Waals surface area contributed by atoms with Crippen LogP contribution in [0.25, 0.3) is 0 Å². The van der Waals surface area contributed by atoms with Gasteiger partial charge in [0.2, 0.25) is 5.75 Å². The standard InChI is InChI=1S/C19H24N2O3/c1-13(2)16-7-5-14(6-8-16)12-24-19-17(22-3)9-15(11-21-20)10-18(19)23-4/h5-11,13H,12,20H2,1-4H3. The van der Waals surface area contributed by atoms with Crippen LogP contribution in [0.15, 0.2) is 41.5 Å². The number of hydrazone groups is 1. The molecule has 0 aromatic heterocycles. The van der Waals surface area contributed by atoms with Gasteiger partial charge in [0, 0.05) is 5.56 Å². The summed E-state index contributed by atoms with van der Waals surface area (Å²) in [7, 11) is 3.17. The van der Waals surface area contributed by atoms with Crippen LogP contribution in [0.2, 0.25) is 0 Å². The number of ether oxygens (including phenoxy) is 3. The normalized spacial score (nSPS) is 11.0. The van der Waals surface area contributed by atoms with E-state index in [1.807, 2.05) is 0 Å². The van der Waals surface area contributed by atoms with Crippen molar-refractivity contribution >= 4 is 6.21 Å². The molecule has 24 heavy (non-hydrogen) atoms. The number of nitrogens with zero attached hydrogens (tertiary/aromatic N) is 1. The van der Waals surface area contributed by atoms with Gasteiger partial charge in [0.15, 0.2) is 11.5 Å². The van der Waals surface area contributed by atoms with Crippen molar-refractivity contribution in [3.63, 3.8) is 0 Å². The molecule has 0 saturated carbocycles. The van der Waals surface area contributed by atoms with Gasteiger partial charge < -0.3 is 20.1 Å². The Morgan fingerprint density at radius 3 is 2.08 bits per heavy atom. The van der Waals surface area contributed by atoms with Crippen molar-refractivity contribution in [2.24, 2.45) is 10.9 Å². The molecule has 0 aliphatic heterocycles.